The number of nitrogens with one attached hydrogen (secondary N) is 1. The lowest BCUT2D eigenvalue weighted by Gasteiger charge is -1.99. The van der Waals surface area contributed by atoms with E-state index < -0.39 is 0 Å². The maximum atomic E-state index is 11.8. The molecule has 0 saturated heterocycles. The standard InChI is InChI=1S/C14H14N4OS/c1-8-3-4-11-12(5-8)18-14(17-11)20-7-13(19)10(6-15)9(2)16/h3-5H,7,16H2,1-2H3,(H,17,18)/b10-9+. The van der Waals surface area contributed by atoms with Crippen LogP contribution in [0.25, 0.3) is 11.0 Å². The molecule has 5 nitrogen and oxygen atoms in total. The van der Waals surface area contributed by atoms with Crippen LogP contribution in [0, 0.1) is 18.3 Å². The van der Waals surface area contributed by atoms with Crippen LogP contribution in [0.2, 0.25) is 0 Å². The van der Waals surface area contributed by atoms with Gasteiger partial charge in [-0.05, 0) is 31.5 Å². The van der Waals surface area contributed by atoms with E-state index in [9.17, 15) is 4.79 Å². The van der Waals surface area contributed by atoms with Crippen molar-refractivity contribution in [3.63, 3.8) is 0 Å². The summed E-state index contributed by atoms with van der Waals surface area (Å²) in [7, 11) is 0. The van der Waals surface area contributed by atoms with Crippen LogP contribution < -0.4 is 5.73 Å². The van der Waals surface area contributed by atoms with Crippen molar-refractivity contribution in [2.24, 2.45) is 5.73 Å². The normalized spacial score (nSPS) is 12.1. The summed E-state index contributed by atoms with van der Waals surface area (Å²) in [5.41, 5.74) is 8.70. The van der Waals surface area contributed by atoms with Crippen LogP contribution >= 0.6 is 11.8 Å². The fourth-order valence-corrected chi connectivity index (χ4v) is 2.50. The number of fused-ring (bicyclic) bond motifs is 1. The number of rotatable bonds is 4. The second-order valence-electron chi connectivity index (χ2n) is 4.44. The second kappa shape index (κ2) is 5.80. The van der Waals surface area contributed by atoms with Gasteiger partial charge in [-0.15, -0.1) is 0 Å². The third kappa shape index (κ3) is 3.00. The fraction of sp³-hybridized carbons (Fsp3) is 0.214. The lowest BCUT2D eigenvalue weighted by atomic mass is 10.2. The van der Waals surface area contributed by atoms with Gasteiger partial charge in [-0.1, -0.05) is 17.8 Å². The van der Waals surface area contributed by atoms with Crippen LogP contribution in [-0.4, -0.2) is 21.5 Å². The molecule has 0 aliphatic rings. The number of Topliss-reactive ketones (excluding diaryl/α,β-unsaturated/α-hetero) is 1. The Balaban J connectivity index is 2.12. The summed E-state index contributed by atoms with van der Waals surface area (Å²) in [5, 5.41) is 9.53. The maximum absolute atomic E-state index is 11.8. The number of imidazole rings is 1. The van der Waals surface area contributed by atoms with Crippen LogP contribution in [0.15, 0.2) is 34.6 Å². The van der Waals surface area contributed by atoms with Crippen molar-refractivity contribution in [1.29, 1.82) is 5.26 Å². The molecule has 0 saturated carbocycles. The third-order valence-corrected chi connectivity index (χ3v) is 3.61. The van der Waals surface area contributed by atoms with Gasteiger partial charge in [0.15, 0.2) is 10.9 Å². The van der Waals surface area contributed by atoms with E-state index in [1.54, 1.807) is 6.92 Å². The number of carbonyl (C=O) groups is 1. The van der Waals surface area contributed by atoms with E-state index in [1.807, 2.05) is 31.2 Å². The Morgan fingerprint density at radius 1 is 1.55 bits per heavy atom. The number of H-pyrrole nitrogens is 1. The van der Waals surface area contributed by atoms with Crippen LogP contribution in [-0.2, 0) is 4.79 Å². The molecule has 1 aromatic carbocycles. The van der Waals surface area contributed by atoms with Crippen molar-refractivity contribution in [3.05, 3.63) is 35.0 Å². The molecule has 2 aromatic rings. The Morgan fingerprint density at radius 3 is 2.95 bits per heavy atom. The fourth-order valence-electron chi connectivity index (χ4n) is 1.74. The summed E-state index contributed by atoms with van der Waals surface area (Å²) in [6.07, 6.45) is 0. The van der Waals surface area contributed by atoms with Crippen molar-refractivity contribution in [1.82, 2.24) is 9.97 Å². The van der Waals surface area contributed by atoms with Crippen LogP contribution in [0.4, 0.5) is 0 Å². The zero-order chi connectivity index (χ0) is 14.7. The van der Waals surface area contributed by atoms with Crippen molar-refractivity contribution in [2.75, 3.05) is 5.75 Å². The van der Waals surface area contributed by atoms with E-state index in [2.05, 4.69) is 9.97 Å². The lowest BCUT2D eigenvalue weighted by molar-refractivity contribution is -0.112. The number of carbonyl (C=O) groups excluding carboxylic acids is 1. The molecule has 0 atom stereocenters. The minimum absolute atomic E-state index is 0.0180. The van der Waals surface area contributed by atoms with Gasteiger partial charge in [0, 0.05) is 5.70 Å². The van der Waals surface area contributed by atoms with E-state index in [-0.39, 0.29) is 22.8 Å². The van der Waals surface area contributed by atoms with Gasteiger partial charge >= 0.3 is 0 Å². The second-order valence-corrected chi connectivity index (χ2v) is 5.41. The van der Waals surface area contributed by atoms with E-state index in [0.29, 0.717) is 5.16 Å². The zero-order valence-electron chi connectivity index (χ0n) is 11.2. The van der Waals surface area contributed by atoms with Gasteiger partial charge in [0.1, 0.15) is 11.6 Å². The Labute approximate surface area is 120 Å². The quantitative estimate of drug-likeness (QED) is 0.511. The average Bonchev–Trinajstić information content (AvgIpc) is 2.78. The largest absolute Gasteiger partial charge is 0.401 e. The molecule has 0 bridgehead atoms. The number of nitriles is 1. The number of allylic oxidation sites excluding steroid dienone is 2. The summed E-state index contributed by atoms with van der Waals surface area (Å²) in [4.78, 5) is 19.4. The van der Waals surface area contributed by atoms with Crippen molar-refractivity contribution >= 4 is 28.6 Å². The Kier molecular flexibility index (Phi) is 4.11. The molecular formula is C14H14N4OS. The number of thioether (sulfide) groups is 1. The van der Waals surface area contributed by atoms with E-state index in [4.69, 9.17) is 11.0 Å². The highest BCUT2D eigenvalue weighted by Gasteiger charge is 2.13. The van der Waals surface area contributed by atoms with Gasteiger partial charge in [0.2, 0.25) is 0 Å². The third-order valence-electron chi connectivity index (χ3n) is 2.74. The summed E-state index contributed by atoms with van der Waals surface area (Å²) in [6, 6.07) is 7.74. The Morgan fingerprint density at radius 2 is 2.30 bits per heavy atom. The average molecular weight is 286 g/mol. The van der Waals surface area contributed by atoms with Gasteiger partial charge in [0.25, 0.3) is 0 Å². The zero-order valence-corrected chi connectivity index (χ0v) is 12.0. The Bertz CT molecular complexity index is 735. The first kappa shape index (κ1) is 14.2. The molecule has 3 N–H and O–H groups in total. The predicted octanol–water partition coefficient (Wildman–Crippen LogP) is 2.29. The number of aryl methyl sites for hydroxylation is 1. The molecule has 6 heteroatoms. The van der Waals surface area contributed by atoms with E-state index >= 15 is 0 Å². The molecule has 0 radical (unpaired) electrons. The van der Waals surface area contributed by atoms with Crippen LogP contribution in [0.1, 0.15) is 12.5 Å². The highest BCUT2D eigenvalue weighted by atomic mass is 32.2. The first-order chi connectivity index (χ1) is 9.51. The highest BCUT2D eigenvalue weighted by Crippen LogP contribution is 2.21. The summed E-state index contributed by atoms with van der Waals surface area (Å²) in [6.45, 7) is 3.55. The molecule has 20 heavy (non-hydrogen) atoms. The molecule has 0 aliphatic heterocycles. The van der Waals surface area contributed by atoms with Crippen molar-refractivity contribution < 1.29 is 4.79 Å². The molecule has 2 rings (SSSR count). The summed E-state index contributed by atoms with van der Waals surface area (Å²) in [5.74, 6) is -0.148. The highest BCUT2D eigenvalue weighted by molar-refractivity contribution is 7.99. The Hall–Kier alpha value is -2.26. The number of nitrogens with zero attached hydrogens (tertiary/aromatic N) is 2. The van der Waals surface area contributed by atoms with Crippen molar-refractivity contribution in [3.8, 4) is 6.07 Å². The maximum Gasteiger partial charge on any atom is 0.185 e. The predicted molar refractivity (Wildman–Crippen MR) is 79.1 cm³/mol. The van der Waals surface area contributed by atoms with Crippen LogP contribution in [0.5, 0.6) is 0 Å². The number of hydrogen-bond acceptors (Lipinski definition) is 5. The molecule has 1 heterocycles. The monoisotopic (exact) mass is 286 g/mol. The molecule has 0 fully saturated rings. The van der Waals surface area contributed by atoms with Crippen LogP contribution in [0.3, 0.4) is 0 Å². The first-order valence-corrected chi connectivity index (χ1v) is 6.98. The molecule has 1 aromatic heterocycles. The lowest BCUT2D eigenvalue weighted by Crippen LogP contribution is -2.10. The number of benzene rings is 1. The minimum Gasteiger partial charge on any atom is -0.401 e. The summed E-state index contributed by atoms with van der Waals surface area (Å²) >= 11 is 1.26. The number of hydrogen-bond donors (Lipinski definition) is 2. The molecule has 102 valence electrons. The smallest absolute Gasteiger partial charge is 0.185 e. The van der Waals surface area contributed by atoms with Gasteiger partial charge in [-0.3, -0.25) is 4.79 Å². The SMILES string of the molecule is C/C(N)=C(/C#N)C(=O)CSc1nc2ccc(C)cc2[nH]1. The topological polar surface area (TPSA) is 95.6 Å². The van der Waals surface area contributed by atoms with E-state index in [1.165, 1.54) is 11.8 Å². The molecular weight excluding hydrogens is 272 g/mol. The first-order valence-electron chi connectivity index (χ1n) is 6.00. The van der Waals surface area contributed by atoms with Gasteiger partial charge < -0.3 is 10.7 Å². The van der Waals surface area contributed by atoms with Gasteiger partial charge in [0.05, 0.1) is 16.8 Å². The number of nitrogens with two attached hydrogens (primary N) is 1. The van der Waals surface area contributed by atoms with Gasteiger partial charge in [-0.2, -0.15) is 5.26 Å². The molecule has 0 amide bonds. The number of aromatic amines is 1. The number of ketones is 1. The number of aromatic nitrogens is 2. The van der Waals surface area contributed by atoms with Gasteiger partial charge in [-0.25, -0.2) is 4.98 Å². The molecule has 0 unspecified atom stereocenters. The van der Waals surface area contributed by atoms with Crippen molar-refractivity contribution in [2.45, 2.75) is 19.0 Å². The van der Waals surface area contributed by atoms with E-state index in [0.717, 1.165) is 16.6 Å². The summed E-state index contributed by atoms with van der Waals surface area (Å²) < 4.78 is 0. The minimum atomic E-state index is -0.283. The molecule has 0 spiro atoms. The molecule has 0 aliphatic carbocycles.